The van der Waals surface area contributed by atoms with Crippen LogP contribution in [0.15, 0.2) is 30.3 Å². The summed E-state index contributed by atoms with van der Waals surface area (Å²) >= 11 is 6.22. The minimum absolute atomic E-state index is 0.544. The fourth-order valence-corrected chi connectivity index (χ4v) is 2.27. The van der Waals surface area contributed by atoms with Crippen molar-refractivity contribution in [2.45, 2.75) is 13.8 Å². The number of nitrogens with two attached hydrogens (primary N) is 1. The molecule has 4 nitrogen and oxygen atoms in total. The van der Waals surface area contributed by atoms with Gasteiger partial charge in [-0.3, -0.25) is 4.40 Å². The molecule has 0 unspecified atom stereocenters. The summed E-state index contributed by atoms with van der Waals surface area (Å²) in [6.07, 6.45) is 0. The molecule has 2 heterocycles. The summed E-state index contributed by atoms with van der Waals surface area (Å²) in [5.41, 5.74) is 10.5. The fourth-order valence-electron chi connectivity index (χ4n) is 2.05. The van der Waals surface area contributed by atoms with E-state index >= 15 is 0 Å². The number of aromatic nitrogens is 3. The van der Waals surface area contributed by atoms with E-state index < -0.39 is 0 Å². The zero-order chi connectivity index (χ0) is 13.6. The first-order chi connectivity index (χ1) is 9.08. The normalized spacial score (nSPS) is 11.1. The first kappa shape index (κ1) is 12.0. The molecule has 0 atom stereocenters. The highest BCUT2D eigenvalue weighted by atomic mass is 35.5. The highest BCUT2D eigenvalue weighted by molar-refractivity contribution is 6.30. The van der Waals surface area contributed by atoms with E-state index in [1.807, 2.05) is 6.07 Å². The van der Waals surface area contributed by atoms with Crippen molar-refractivity contribution in [1.29, 1.82) is 0 Å². The SMILES string of the molecule is Cc1ccc(-c2nnc3c(N)ccc(Cl)n23)cc1C. The van der Waals surface area contributed by atoms with Gasteiger partial charge in [-0.15, -0.1) is 10.2 Å². The van der Waals surface area contributed by atoms with Crippen molar-refractivity contribution in [3.8, 4) is 11.4 Å². The van der Waals surface area contributed by atoms with Crippen LogP contribution in [0, 0.1) is 13.8 Å². The van der Waals surface area contributed by atoms with Crippen molar-refractivity contribution in [3.63, 3.8) is 0 Å². The van der Waals surface area contributed by atoms with Crippen LogP contribution >= 0.6 is 11.6 Å². The van der Waals surface area contributed by atoms with Gasteiger partial charge in [-0.1, -0.05) is 23.7 Å². The molecule has 96 valence electrons. The lowest BCUT2D eigenvalue weighted by Crippen LogP contribution is -1.96. The molecule has 0 radical (unpaired) electrons. The lowest BCUT2D eigenvalue weighted by Gasteiger charge is -2.06. The number of pyridine rings is 1. The van der Waals surface area contributed by atoms with Gasteiger partial charge < -0.3 is 5.73 Å². The average molecular weight is 273 g/mol. The highest BCUT2D eigenvalue weighted by Gasteiger charge is 2.13. The molecule has 0 aliphatic carbocycles. The molecule has 0 saturated heterocycles. The van der Waals surface area contributed by atoms with Gasteiger partial charge in [-0.05, 0) is 43.2 Å². The van der Waals surface area contributed by atoms with Crippen LogP contribution in [0.1, 0.15) is 11.1 Å². The van der Waals surface area contributed by atoms with Crippen molar-refractivity contribution in [2.24, 2.45) is 0 Å². The molecule has 0 aliphatic heterocycles. The van der Waals surface area contributed by atoms with Gasteiger partial charge in [0, 0.05) is 5.56 Å². The molecule has 19 heavy (non-hydrogen) atoms. The first-order valence-corrected chi connectivity index (χ1v) is 6.32. The number of hydrogen-bond acceptors (Lipinski definition) is 3. The van der Waals surface area contributed by atoms with Gasteiger partial charge in [0.15, 0.2) is 11.5 Å². The number of rotatable bonds is 1. The smallest absolute Gasteiger partial charge is 0.185 e. The summed E-state index contributed by atoms with van der Waals surface area (Å²) in [5, 5.41) is 8.86. The molecule has 1 aromatic carbocycles. The molecular weight excluding hydrogens is 260 g/mol. The summed E-state index contributed by atoms with van der Waals surface area (Å²) < 4.78 is 1.76. The molecular formula is C14H13ClN4. The van der Waals surface area contributed by atoms with Crippen LogP contribution in [0.5, 0.6) is 0 Å². The first-order valence-electron chi connectivity index (χ1n) is 5.94. The third kappa shape index (κ3) is 1.85. The Kier molecular flexibility index (Phi) is 2.68. The molecule has 0 spiro atoms. The molecule has 2 N–H and O–H groups in total. The second-order valence-electron chi connectivity index (χ2n) is 4.59. The maximum absolute atomic E-state index is 6.22. The minimum Gasteiger partial charge on any atom is -0.396 e. The highest BCUT2D eigenvalue weighted by Crippen LogP contribution is 2.26. The molecule has 5 heteroatoms. The summed E-state index contributed by atoms with van der Waals surface area (Å²) in [4.78, 5) is 0. The van der Waals surface area contributed by atoms with Crippen LogP contribution in [0.4, 0.5) is 5.69 Å². The monoisotopic (exact) mass is 272 g/mol. The molecule has 3 aromatic rings. The quantitative estimate of drug-likeness (QED) is 0.692. The van der Waals surface area contributed by atoms with Gasteiger partial charge in [0.25, 0.3) is 0 Å². The predicted molar refractivity (Wildman–Crippen MR) is 77.3 cm³/mol. The van der Waals surface area contributed by atoms with Gasteiger partial charge in [-0.2, -0.15) is 0 Å². The Morgan fingerprint density at radius 2 is 1.84 bits per heavy atom. The van der Waals surface area contributed by atoms with Crippen molar-refractivity contribution < 1.29 is 0 Å². The van der Waals surface area contributed by atoms with E-state index in [0.29, 0.717) is 22.3 Å². The molecule has 0 aliphatic rings. The van der Waals surface area contributed by atoms with E-state index in [0.717, 1.165) is 5.56 Å². The standard InChI is InChI=1S/C14H13ClN4/c1-8-3-4-10(7-9(8)2)13-17-18-14-11(16)5-6-12(15)19(13)14/h3-7H,16H2,1-2H3. The van der Waals surface area contributed by atoms with E-state index in [-0.39, 0.29) is 0 Å². The largest absolute Gasteiger partial charge is 0.396 e. The lowest BCUT2D eigenvalue weighted by molar-refractivity contribution is 1.11. The van der Waals surface area contributed by atoms with Crippen LogP contribution in [0.3, 0.4) is 0 Å². The number of nitrogens with zero attached hydrogens (tertiary/aromatic N) is 3. The third-order valence-corrected chi connectivity index (χ3v) is 3.60. The van der Waals surface area contributed by atoms with E-state index in [2.05, 4.69) is 36.2 Å². The van der Waals surface area contributed by atoms with Gasteiger partial charge in [0.1, 0.15) is 5.15 Å². The number of fused-ring (bicyclic) bond motifs is 1. The molecule has 2 aromatic heterocycles. The van der Waals surface area contributed by atoms with Gasteiger partial charge >= 0.3 is 0 Å². The number of hydrogen-bond donors (Lipinski definition) is 1. The van der Waals surface area contributed by atoms with Gasteiger partial charge in [0.2, 0.25) is 0 Å². The molecule has 0 fully saturated rings. The maximum atomic E-state index is 6.22. The van der Waals surface area contributed by atoms with Crippen LogP contribution < -0.4 is 5.73 Å². The average Bonchev–Trinajstić information content (AvgIpc) is 2.83. The van der Waals surface area contributed by atoms with Gasteiger partial charge in [-0.25, -0.2) is 0 Å². The second kappa shape index (κ2) is 4.24. The third-order valence-electron chi connectivity index (χ3n) is 3.30. The predicted octanol–water partition coefficient (Wildman–Crippen LogP) is 3.25. The Morgan fingerprint density at radius 3 is 2.58 bits per heavy atom. The summed E-state index contributed by atoms with van der Waals surface area (Å²) in [7, 11) is 0. The minimum atomic E-state index is 0.544. The summed E-state index contributed by atoms with van der Waals surface area (Å²) in [6.45, 7) is 4.14. The Balaban J connectivity index is 2.31. The molecule has 3 rings (SSSR count). The molecule has 0 saturated carbocycles. The lowest BCUT2D eigenvalue weighted by atomic mass is 10.1. The van der Waals surface area contributed by atoms with E-state index in [1.54, 1.807) is 16.5 Å². The number of anilines is 1. The Morgan fingerprint density at radius 1 is 1.05 bits per heavy atom. The van der Waals surface area contributed by atoms with Crippen LogP contribution in [0.2, 0.25) is 5.15 Å². The van der Waals surface area contributed by atoms with Crippen molar-refractivity contribution in [1.82, 2.24) is 14.6 Å². The number of benzene rings is 1. The van der Waals surface area contributed by atoms with E-state index in [9.17, 15) is 0 Å². The molecule has 0 bridgehead atoms. The van der Waals surface area contributed by atoms with Crippen molar-refractivity contribution in [3.05, 3.63) is 46.6 Å². The number of aryl methyl sites for hydroxylation is 2. The van der Waals surface area contributed by atoms with Crippen LogP contribution in [-0.4, -0.2) is 14.6 Å². The van der Waals surface area contributed by atoms with E-state index in [4.69, 9.17) is 17.3 Å². The fraction of sp³-hybridized carbons (Fsp3) is 0.143. The Hall–Kier alpha value is -2.07. The number of nitrogen functional groups attached to an aromatic ring is 1. The molecule has 0 amide bonds. The second-order valence-corrected chi connectivity index (χ2v) is 4.98. The zero-order valence-corrected chi connectivity index (χ0v) is 11.4. The summed E-state index contributed by atoms with van der Waals surface area (Å²) in [6, 6.07) is 9.63. The topological polar surface area (TPSA) is 56.2 Å². The zero-order valence-electron chi connectivity index (χ0n) is 10.7. The van der Waals surface area contributed by atoms with Crippen LogP contribution in [0.25, 0.3) is 17.0 Å². The summed E-state index contributed by atoms with van der Waals surface area (Å²) in [5.74, 6) is 0.704. The maximum Gasteiger partial charge on any atom is 0.185 e. The van der Waals surface area contributed by atoms with Crippen LogP contribution in [-0.2, 0) is 0 Å². The van der Waals surface area contributed by atoms with E-state index in [1.165, 1.54) is 11.1 Å². The van der Waals surface area contributed by atoms with Crippen molar-refractivity contribution in [2.75, 3.05) is 5.73 Å². The Labute approximate surface area is 115 Å². The Bertz CT molecular complexity index is 776. The number of halogens is 1. The van der Waals surface area contributed by atoms with Crippen molar-refractivity contribution >= 4 is 22.9 Å². The van der Waals surface area contributed by atoms with Gasteiger partial charge in [0.05, 0.1) is 5.69 Å².